The van der Waals surface area contributed by atoms with E-state index in [2.05, 4.69) is 41.8 Å². The predicted octanol–water partition coefficient (Wildman–Crippen LogP) is 3.01. The van der Waals surface area contributed by atoms with Gasteiger partial charge in [0.25, 0.3) is 0 Å². The molecule has 0 saturated heterocycles. The summed E-state index contributed by atoms with van der Waals surface area (Å²) >= 11 is 5.32. The molecule has 1 aromatic heterocycles. The van der Waals surface area contributed by atoms with Crippen molar-refractivity contribution >= 4 is 23.0 Å². The van der Waals surface area contributed by atoms with E-state index >= 15 is 0 Å². The largest absolute Gasteiger partial charge is 0.358 e. The maximum absolute atomic E-state index is 5.32. The van der Waals surface area contributed by atoms with E-state index in [9.17, 15) is 0 Å². The number of anilines is 1. The van der Waals surface area contributed by atoms with E-state index in [0.29, 0.717) is 11.7 Å². The molecule has 0 radical (unpaired) electrons. The van der Waals surface area contributed by atoms with Crippen LogP contribution in [0.1, 0.15) is 23.7 Å². The van der Waals surface area contributed by atoms with Gasteiger partial charge in [-0.1, -0.05) is 18.2 Å². The van der Waals surface area contributed by atoms with Crippen molar-refractivity contribution in [1.29, 1.82) is 0 Å². The highest BCUT2D eigenvalue weighted by atomic mass is 32.1. The molecule has 4 nitrogen and oxygen atoms in total. The van der Waals surface area contributed by atoms with Crippen molar-refractivity contribution in [2.24, 2.45) is 0 Å². The smallest absolute Gasteiger partial charge is 0.171 e. The molecule has 2 rings (SSSR count). The first kappa shape index (κ1) is 14.5. The summed E-state index contributed by atoms with van der Waals surface area (Å²) in [5, 5.41) is 11.5. The van der Waals surface area contributed by atoms with Gasteiger partial charge in [-0.3, -0.25) is 4.68 Å². The van der Waals surface area contributed by atoms with Crippen molar-refractivity contribution in [2.45, 2.75) is 33.9 Å². The zero-order valence-corrected chi connectivity index (χ0v) is 12.9. The number of benzene rings is 1. The van der Waals surface area contributed by atoms with E-state index in [1.54, 1.807) is 0 Å². The van der Waals surface area contributed by atoms with Crippen LogP contribution in [0.25, 0.3) is 0 Å². The van der Waals surface area contributed by atoms with Crippen LogP contribution in [-0.2, 0) is 13.1 Å². The standard InChI is InChI=1S/C15H20N4S/c1-4-19-10-13(12(3)18-19)9-16-15(20)17-14-8-6-5-7-11(14)2/h5-8,10H,4,9H2,1-3H3,(H2,16,17,20). The summed E-state index contributed by atoms with van der Waals surface area (Å²) < 4.78 is 1.93. The first-order valence-corrected chi connectivity index (χ1v) is 7.14. The number of aromatic nitrogens is 2. The Labute approximate surface area is 125 Å². The Morgan fingerprint density at radius 3 is 2.70 bits per heavy atom. The number of thiocarbonyl (C=S) groups is 1. The zero-order chi connectivity index (χ0) is 14.5. The third-order valence-corrected chi connectivity index (χ3v) is 3.45. The molecule has 1 heterocycles. The fraction of sp³-hybridized carbons (Fsp3) is 0.333. The van der Waals surface area contributed by atoms with E-state index in [4.69, 9.17) is 12.2 Å². The Morgan fingerprint density at radius 1 is 1.30 bits per heavy atom. The highest BCUT2D eigenvalue weighted by Crippen LogP contribution is 2.13. The van der Waals surface area contributed by atoms with Crippen LogP contribution in [0, 0.1) is 13.8 Å². The predicted molar refractivity (Wildman–Crippen MR) is 86.9 cm³/mol. The fourth-order valence-electron chi connectivity index (χ4n) is 1.95. The summed E-state index contributed by atoms with van der Waals surface area (Å²) in [6.07, 6.45) is 2.05. The van der Waals surface area contributed by atoms with Gasteiger partial charge in [-0.25, -0.2) is 0 Å². The number of hydrogen-bond acceptors (Lipinski definition) is 2. The molecule has 0 aliphatic rings. The Morgan fingerprint density at radius 2 is 2.05 bits per heavy atom. The van der Waals surface area contributed by atoms with Gasteiger partial charge in [-0.15, -0.1) is 0 Å². The molecule has 0 saturated carbocycles. The molecule has 0 spiro atoms. The maximum atomic E-state index is 5.32. The lowest BCUT2D eigenvalue weighted by atomic mass is 10.2. The maximum Gasteiger partial charge on any atom is 0.171 e. The van der Waals surface area contributed by atoms with Crippen molar-refractivity contribution in [3.8, 4) is 0 Å². The second-order valence-corrected chi connectivity index (χ2v) is 5.13. The highest BCUT2D eigenvalue weighted by Gasteiger charge is 2.05. The average molecular weight is 288 g/mol. The van der Waals surface area contributed by atoms with E-state index in [1.807, 2.05) is 29.8 Å². The number of rotatable bonds is 4. The van der Waals surface area contributed by atoms with E-state index in [-0.39, 0.29) is 0 Å². The molecule has 0 amide bonds. The SMILES string of the molecule is CCn1cc(CNC(=S)Nc2ccccc2C)c(C)n1. The number of nitrogens with zero attached hydrogens (tertiary/aromatic N) is 2. The summed E-state index contributed by atoms with van der Waals surface area (Å²) in [7, 11) is 0. The summed E-state index contributed by atoms with van der Waals surface area (Å²) in [6, 6.07) is 8.08. The summed E-state index contributed by atoms with van der Waals surface area (Å²) in [4.78, 5) is 0. The average Bonchev–Trinajstić information content (AvgIpc) is 2.80. The lowest BCUT2D eigenvalue weighted by molar-refractivity contribution is 0.653. The van der Waals surface area contributed by atoms with Crippen molar-refractivity contribution in [1.82, 2.24) is 15.1 Å². The topological polar surface area (TPSA) is 41.9 Å². The van der Waals surface area contributed by atoms with Crippen LogP contribution >= 0.6 is 12.2 Å². The monoisotopic (exact) mass is 288 g/mol. The van der Waals surface area contributed by atoms with E-state index in [0.717, 1.165) is 17.9 Å². The van der Waals surface area contributed by atoms with Crippen molar-refractivity contribution in [3.63, 3.8) is 0 Å². The lowest BCUT2D eigenvalue weighted by Crippen LogP contribution is -2.28. The fourth-order valence-corrected chi connectivity index (χ4v) is 2.13. The number of hydrogen-bond donors (Lipinski definition) is 2. The van der Waals surface area contributed by atoms with Crippen LogP contribution in [0.3, 0.4) is 0 Å². The quantitative estimate of drug-likeness (QED) is 0.849. The van der Waals surface area contributed by atoms with Crippen LogP contribution in [0.2, 0.25) is 0 Å². The van der Waals surface area contributed by atoms with Crippen molar-refractivity contribution in [3.05, 3.63) is 47.3 Å². The van der Waals surface area contributed by atoms with Gasteiger partial charge >= 0.3 is 0 Å². The Kier molecular flexibility index (Phi) is 4.74. The first-order chi connectivity index (χ1) is 9.60. The van der Waals surface area contributed by atoms with Crippen LogP contribution in [0.5, 0.6) is 0 Å². The third-order valence-electron chi connectivity index (χ3n) is 3.20. The Hall–Kier alpha value is -1.88. The molecule has 0 unspecified atom stereocenters. The molecule has 106 valence electrons. The summed E-state index contributed by atoms with van der Waals surface area (Å²) in [5.41, 5.74) is 4.41. The molecule has 0 aliphatic carbocycles. The number of nitrogens with one attached hydrogen (secondary N) is 2. The normalized spacial score (nSPS) is 10.3. The molecule has 2 aromatic rings. The first-order valence-electron chi connectivity index (χ1n) is 6.73. The van der Waals surface area contributed by atoms with Gasteiger partial charge < -0.3 is 10.6 Å². The van der Waals surface area contributed by atoms with Crippen molar-refractivity contribution < 1.29 is 0 Å². The second-order valence-electron chi connectivity index (χ2n) is 4.72. The zero-order valence-electron chi connectivity index (χ0n) is 12.1. The van der Waals surface area contributed by atoms with Gasteiger partial charge in [0.15, 0.2) is 5.11 Å². The minimum atomic E-state index is 0.628. The minimum absolute atomic E-state index is 0.628. The molecular weight excluding hydrogens is 268 g/mol. The summed E-state index contributed by atoms with van der Waals surface area (Å²) in [6.45, 7) is 7.71. The lowest BCUT2D eigenvalue weighted by Gasteiger charge is -2.11. The summed E-state index contributed by atoms with van der Waals surface area (Å²) in [5.74, 6) is 0. The van der Waals surface area contributed by atoms with E-state index < -0.39 is 0 Å². The van der Waals surface area contributed by atoms with Gasteiger partial charge in [0.1, 0.15) is 0 Å². The molecule has 0 atom stereocenters. The second kappa shape index (κ2) is 6.52. The van der Waals surface area contributed by atoms with Gasteiger partial charge in [-0.2, -0.15) is 5.10 Å². The molecule has 0 bridgehead atoms. The molecule has 1 aromatic carbocycles. The molecule has 0 aliphatic heterocycles. The van der Waals surface area contributed by atoms with Crippen molar-refractivity contribution in [2.75, 3.05) is 5.32 Å². The van der Waals surface area contributed by atoms with Gasteiger partial charge in [0, 0.05) is 30.5 Å². The highest BCUT2D eigenvalue weighted by molar-refractivity contribution is 7.80. The third kappa shape index (κ3) is 3.57. The number of para-hydroxylation sites is 1. The minimum Gasteiger partial charge on any atom is -0.358 e. The Balaban J connectivity index is 1.92. The molecule has 5 heteroatoms. The molecular formula is C15H20N4S. The van der Waals surface area contributed by atoms with Gasteiger partial charge in [0.2, 0.25) is 0 Å². The molecule has 2 N–H and O–H groups in total. The van der Waals surface area contributed by atoms with Gasteiger partial charge in [-0.05, 0) is 44.6 Å². The molecule has 20 heavy (non-hydrogen) atoms. The number of aryl methyl sites for hydroxylation is 3. The van der Waals surface area contributed by atoms with E-state index in [1.165, 1.54) is 11.1 Å². The molecule has 0 fully saturated rings. The van der Waals surface area contributed by atoms with Crippen LogP contribution in [-0.4, -0.2) is 14.9 Å². The van der Waals surface area contributed by atoms with Crippen LogP contribution in [0.4, 0.5) is 5.69 Å². The van der Waals surface area contributed by atoms with Gasteiger partial charge in [0.05, 0.1) is 5.69 Å². The van der Waals surface area contributed by atoms with Crippen LogP contribution in [0.15, 0.2) is 30.5 Å². The Bertz CT molecular complexity index is 604. The van der Waals surface area contributed by atoms with Crippen LogP contribution < -0.4 is 10.6 Å².